The first-order valence-electron chi connectivity index (χ1n) is 11.1. The molecule has 3 rings (SSSR count). The third-order valence-electron chi connectivity index (χ3n) is 5.28. The summed E-state index contributed by atoms with van der Waals surface area (Å²) in [6, 6.07) is 13.8. The van der Waals surface area contributed by atoms with Gasteiger partial charge < -0.3 is 14.5 Å². The van der Waals surface area contributed by atoms with Crippen LogP contribution in [0.25, 0.3) is 21.9 Å². The Morgan fingerprint density at radius 3 is 2.53 bits per heavy atom. The Labute approximate surface area is 206 Å². The van der Waals surface area contributed by atoms with Crippen molar-refractivity contribution in [2.45, 2.75) is 46.3 Å². The van der Waals surface area contributed by atoms with E-state index in [4.69, 9.17) is 9.15 Å². The maximum Gasteiger partial charge on any atom is 0.326 e. The number of carbonyl (C=O) groups is 2. The summed E-state index contributed by atoms with van der Waals surface area (Å²) in [7, 11) is 0. The molecule has 0 radical (unpaired) electrons. The summed E-state index contributed by atoms with van der Waals surface area (Å²) in [5, 5.41) is 5.85. The minimum Gasteiger partial charge on any atom is -0.459 e. The summed E-state index contributed by atoms with van der Waals surface area (Å²) in [5.41, 5.74) is 2.41. The normalized spacial score (nSPS) is 13.1. The number of benzene rings is 2. The van der Waals surface area contributed by atoms with Crippen LogP contribution in [-0.4, -0.2) is 35.2 Å². The Kier molecular flexibility index (Phi) is 7.77. The largest absolute Gasteiger partial charge is 0.459 e. The Morgan fingerprint density at radius 1 is 1.21 bits per heavy atom. The standard InChI is InChI=1S/C27H32N2O4S.H2/c1-8-22(26(31)29(18(3)34-7)16-25(30)33-27(4,5)6)28-17(2)19-13-14-24-21(15-19)20-11-9-10-12-23(20)32-24;/h8-15,17,28H,3,16H2,1-2,4-7H3;1H/b22-8+;/t17-;/m0./s1. The minimum absolute atomic E-state index is 0. The quantitative estimate of drug-likeness (QED) is 0.296. The number of para-hydroxylation sites is 1. The summed E-state index contributed by atoms with van der Waals surface area (Å²) < 4.78 is 11.3. The number of amides is 1. The molecule has 34 heavy (non-hydrogen) atoms. The number of hydrogen-bond donors (Lipinski definition) is 1. The number of fused-ring (bicyclic) bond motifs is 3. The topological polar surface area (TPSA) is 71.8 Å². The number of allylic oxidation sites excluding steroid dienone is 1. The lowest BCUT2D eigenvalue weighted by atomic mass is 10.0. The van der Waals surface area contributed by atoms with Gasteiger partial charge in [0, 0.05) is 18.2 Å². The fourth-order valence-corrected chi connectivity index (χ4v) is 4.00. The van der Waals surface area contributed by atoms with Crippen molar-refractivity contribution >= 4 is 45.6 Å². The van der Waals surface area contributed by atoms with Crippen molar-refractivity contribution in [3.8, 4) is 0 Å². The molecule has 0 aliphatic rings. The second-order valence-electron chi connectivity index (χ2n) is 9.00. The average molecular weight is 483 g/mol. The second-order valence-corrected chi connectivity index (χ2v) is 9.88. The molecule has 0 saturated heterocycles. The molecular formula is C27H34N2O4S. The van der Waals surface area contributed by atoms with Gasteiger partial charge in [-0.1, -0.05) is 36.9 Å². The molecule has 1 N–H and O–H groups in total. The maximum atomic E-state index is 13.4. The zero-order chi connectivity index (χ0) is 25.0. The van der Waals surface area contributed by atoms with Crippen molar-refractivity contribution in [1.29, 1.82) is 0 Å². The SMILES string of the molecule is C=C(SC)N(CC(=O)OC(C)(C)C)C(=O)/C(=C\C)N[C@@H](C)c1ccc2oc3ccccc3c2c1.[HH]. The van der Waals surface area contributed by atoms with E-state index in [2.05, 4.69) is 18.0 Å². The van der Waals surface area contributed by atoms with E-state index in [-0.39, 0.29) is 19.9 Å². The molecule has 1 amide bonds. The molecule has 3 aromatic rings. The third-order valence-corrected chi connectivity index (χ3v) is 5.97. The molecule has 2 aromatic carbocycles. The molecule has 0 unspecified atom stereocenters. The second kappa shape index (κ2) is 10.4. The molecule has 1 aromatic heterocycles. The van der Waals surface area contributed by atoms with Gasteiger partial charge in [0.1, 0.15) is 23.3 Å². The lowest BCUT2D eigenvalue weighted by molar-refractivity contribution is -0.157. The molecule has 0 spiro atoms. The van der Waals surface area contributed by atoms with Gasteiger partial charge in [-0.15, -0.1) is 11.8 Å². The molecule has 1 heterocycles. The number of furan rings is 1. The van der Waals surface area contributed by atoms with Crippen molar-refractivity contribution in [2.75, 3.05) is 12.8 Å². The number of hydrogen-bond acceptors (Lipinski definition) is 6. The van der Waals surface area contributed by atoms with Gasteiger partial charge >= 0.3 is 5.97 Å². The van der Waals surface area contributed by atoms with Crippen LogP contribution in [0.4, 0.5) is 0 Å². The fraction of sp³-hybridized carbons (Fsp3) is 0.333. The zero-order valence-electron chi connectivity index (χ0n) is 20.6. The van der Waals surface area contributed by atoms with Gasteiger partial charge in [0.15, 0.2) is 0 Å². The van der Waals surface area contributed by atoms with Crippen LogP contribution in [0.3, 0.4) is 0 Å². The third kappa shape index (κ3) is 5.83. The Bertz CT molecular complexity index is 1260. The number of carbonyl (C=O) groups excluding carboxylic acids is 2. The van der Waals surface area contributed by atoms with E-state index in [0.29, 0.717) is 10.7 Å². The summed E-state index contributed by atoms with van der Waals surface area (Å²) in [5.74, 6) is -0.828. The molecule has 0 bridgehead atoms. The average Bonchev–Trinajstić information content (AvgIpc) is 3.16. The van der Waals surface area contributed by atoms with E-state index in [1.165, 1.54) is 16.7 Å². The van der Waals surface area contributed by atoms with Crippen molar-refractivity contribution < 1.29 is 20.2 Å². The molecule has 182 valence electrons. The minimum atomic E-state index is -0.640. The molecule has 0 saturated carbocycles. The highest BCUT2D eigenvalue weighted by Crippen LogP contribution is 2.31. The predicted molar refractivity (Wildman–Crippen MR) is 141 cm³/mol. The highest BCUT2D eigenvalue weighted by atomic mass is 32.2. The lowest BCUT2D eigenvalue weighted by Gasteiger charge is -2.27. The predicted octanol–water partition coefficient (Wildman–Crippen LogP) is 6.39. The van der Waals surface area contributed by atoms with E-state index in [9.17, 15) is 9.59 Å². The van der Waals surface area contributed by atoms with Crippen LogP contribution in [0.1, 0.15) is 47.7 Å². The van der Waals surface area contributed by atoms with Crippen LogP contribution in [0, 0.1) is 0 Å². The number of nitrogens with zero attached hydrogens (tertiary/aromatic N) is 1. The first-order valence-corrected chi connectivity index (χ1v) is 12.4. The molecule has 0 fully saturated rings. The maximum absolute atomic E-state index is 13.4. The van der Waals surface area contributed by atoms with Gasteiger partial charge in [0.2, 0.25) is 0 Å². The van der Waals surface area contributed by atoms with Crippen molar-refractivity contribution in [3.63, 3.8) is 0 Å². The van der Waals surface area contributed by atoms with E-state index in [0.717, 1.165) is 27.5 Å². The van der Waals surface area contributed by atoms with Crippen molar-refractivity contribution in [2.24, 2.45) is 0 Å². The van der Waals surface area contributed by atoms with Gasteiger partial charge in [-0.3, -0.25) is 14.5 Å². The van der Waals surface area contributed by atoms with Crippen LogP contribution >= 0.6 is 11.8 Å². The van der Waals surface area contributed by atoms with Gasteiger partial charge in [0.25, 0.3) is 5.91 Å². The summed E-state index contributed by atoms with van der Waals surface area (Å²) >= 11 is 1.31. The lowest BCUT2D eigenvalue weighted by Crippen LogP contribution is -2.40. The smallest absolute Gasteiger partial charge is 0.326 e. The number of esters is 1. The highest BCUT2D eigenvalue weighted by molar-refractivity contribution is 8.02. The van der Waals surface area contributed by atoms with Crippen molar-refractivity contribution in [3.05, 3.63) is 71.4 Å². The molecule has 0 aliphatic carbocycles. The number of ether oxygens (including phenoxy) is 1. The Balaban J connectivity index is 0.00000432. The van der Waals surface area contributed by atoms with E-state index < -0.39 is 11.6 Å². The van der Waals surface area contributed by atoms with Gasteiger partial charge in [-0.05, 0) is 64.6 Å². The number of thioether (sulfide) groups is 1. The zero-order valence-corrected chi connectivity index (χ0v) is 21.4. The van der Waals surface area contributed by atoms with Gasteiger partial charge in [0.05, 0.1) is 10.7 Å². The Hall–Kier alpha value is -3.19. The molecule has 7 heteroatoms. The molecule has 6 nitrogen and oxygen atoms in total. The van der Waals surface area contributed by atoms with Gasteiger partial charge in [-0.25, -0.2) is 0 Å². The van der Waals surface area contributed by atoms with Crippen LogP contribution in [-0.2, 0) is 14.3 Å². The van der Waals surface area contributed by atoms with Crippen molar-refractivity contribution in [1.82, 2.24) is 10.2 Å². The Morgan fingerprint density at radius 2 is 1.88 bits per heavy atom. The van der Waals surface area contributed by atoms with Gasteiger partial charge in [-0.2, -0.15) is 0 Å². The van der Waals surface area contributed by atoms with Crippen LogP contribution in [0.5, 0.6) is 0 Å². The fourth-order valence-electron chi connectivity index (χ4n) is 3.63. The molecule has 1 atom stereocenters. The number of rotatable bonds is 8. The first-order chi connectivity index (χ1) is 16.0. The van der Waals surface area contributed by atoms with E-state index >= 15 is 0 Å². The summed E-state index contributed by atoms with van der Waals surface area (Å²) in [4.78, 5) is 27.2. The summed E-state index contributed by atoms with van der Waals surface area (Å²) in [6.45, 7) is 12.9. The summed E-state index contributed by atoms with van der Waals surface area (Å²) in [6.07, 6.45) is 3.52. The van der Waals surface area contributed by atoms with Crippen LogP contribution < -0.4 is 5.32 Å². The van der Waals surface area contributed by atoms with Crippen LogP contribution in [0.2, 0.25) is 0 Å². The molecule has 0 aliphatic heterocycles. The highest BCUT2D eigenvalue weighted by Gasteiger charge is 2.26. The van der Waals surface area contributed by atoms with E-state index in [1.807, 2.05) is 49.6 Å². The van der Waals surface area contributed by atoms with E-state index in [1.54, 1.807) is 33.8 Å². The number of nitrogens with one attached hydrogen (secondary N) is 1. The first kappa shape index (κ1) is 25.4. The monoisotopic (exact) mass is 482 g/mol. The molecular weight excluding hydrogens is 448 g/mol. The van der Waals surface area contributed by atoms with Crippen LogP contribution in [0.15, 0.2) is 70.3 Å².